The van der Waals surface area contributed by atoms with Crippen LogP contribution in [0.5, 0.6) is 0 Å². The molecule has 0 atom stereocenters. The first-order valence-corrected chi connectivity index (χ1v) is 8.23. The minimum Gasteiger partial charge on any atom is -0.241 e. The average molecular weight is 332 g/mol. The Bertz CT molecular complexity index is 919. The number of aromatic nitrogens is 3. The zero-order valence-corrected chi connectivity index (χ0v) is 12.7. The number of nitrogens with two attached hydrogens (primary N) is 1. The van der Waals surface area contributed by atoms with Crippen LogP contribution in [0.25, 0.3) is 11.4 Å². The molecule has 3 rings (SSSR count). The largest absolute Gasteiger partial charge is 0.241 e. The summed E-state index contributed by atoms with van der Waals surface area (Å²) in [5.74, 6) is 0.279. The number of rotatable bonds is 4. The fraction of sp³-hybridized carbons (Fsp3) is 0.0667. The molecule has 1 heterocycles. The van der Waals surface area contributed by atoms with Crippen molar-refractivity contribution in [1.82, 2.24) is 14.8 Å². The number of benzene rings is 2. The van der Waals surface area contributed by atoms with Gasteiger partial charge in [0.25, 0.3) is 0 Å². The summed E-state index contributed by atoms with van der Waals surface area (Å²) in [7, 11) is -3.73. The second kappa shape index (κ2) is 5.90. The van der Waals surface area contributed by atoms with Gasteiger partial charge in [0, 0.05) is 5.56 Å². The lowest BCUT2D eigenvalue weighted by Gasteiger charge is -2.07. The van der Waals surface area contributed by atoms with E-state index in [1.54, 1.807) is 28.9 Å². The Hall–Kier alpha value is -2.58. The van der Waals surface area contributed by atoms with E-state index in [2.05, 4.69) is 10.1 Å². The molecule has 0 bridgehead atoms. The standard InChI is InChI=1S/C15H13FN4O2S/c16-13-5-1-11(2-6-13)9-20-15(18-10-19-20)12-3-7-14(8-4-12)23(17,21)22/h1-8,10H,9H2,(H2,17,21,22). The molecule has 1 aromatic heterocycles. The van der Waals surface area contributed by atoms with E-state index in [-0.39, 0.29) is 10.7 Å². The third kappa shape index (κ3) is 3.43. The normalized spacial score (nSPS) is 11.6. The number of halogens is 1. The minimum atomic E-state index is -3.73. The van der Waals surface area contributed by atoms with E-state index in [1.807, 2.05) is 0 Å². The molecule has 6 nitrogen and oxygen atoms in total. The predicted molar refractivity (Wildman–Crippen MR) is 82.3 cm³/mol. The fourth-order valence-electron chi connectivity index (χ4n) is 2.16. The zero-order chi connectivity index (χ0) is 16.4. The third-order valence-corrected chi connectivity index (χ3v) is 4.23. The lowest BCUT2D eigenvalue weighted by molar-refractivity contribution is 0.598. The monoisotopic (exact) mass is 332 g/mol. The molecular weight excluding hydrogens is 319 g/mol. The van der Waals surface area contributed by atoms with Gasteiger partial charge in [-0.3, -0.25) is 0 Å². The van der Waals surface area contributed by atoms with E-state index < -0.39 is 10.0 Å². The molecule has 0 saturated heterocycles. The van der Waals surface area contributed by atoms with E-state index in [4.69, 9.17) is 5.14 Å². The highest BCUT2D eigenvalue weighted by Gasteiger charge is 2.11. The maximum absolute atomic E-state index is 12.9. The molecule has 0 amide bonds. The summed E-state index contributed by atoms with van der Waals surface area (Å²) in [5, 5.41) is 9.23. The molecule has 0 aliphatic rings. The number of nitrogens with zero attached hydrogens (tertiary/aromatic N) is 3. The Kier molecular flexibility index (Phi) is 3.93. The van der Waals surface area contributed by atoms with Gasteiger partial charge in [-0.1, -0.05) is 12.1 Å². The highest BCUT2D eigenvalue weighted by Crippen LogP contribution is 2.19. The molecule has 0 spiro atoms. The highest BCUT2D eigenvalue weighted by molar-refractivity contribution is 7.89. The van der Waals surface area contributed by atoms with Crippen LogP contribution in [0, 0.1) is 5.82 Å². The van der Waals surface area contributed by atoms with Crippen molar-refractivity contribution in [3.63, 3.8) is 0 Å². The van der Waals surface area contributed by atoms with Crippen molar-refractivity contribution in [3.05, 3.63) is 66.2 Å². The van der Waals surface area contributed by atoms with E-state index >= 15 is 0 Å². The number of hydrogen-bond donors (Lipinski definition) is 1. The molecule has 0 aliphatic heterocycles. The summed E-state index contributed by atoms with van der Waals surface area (Å²) in [5.41, 5.74) is 1.58. The summed E-state index contributed by atoms with van der Waals surface area (Å²) < 4.78 is 37.2. The Balaban J connectivity index is 1.90. The lowest BCUT2D eigenvalue weighted by Crippen LogP contribution is -2.11. The van der Waals surface area contributed by atoms with Gasteiger partial charge in [0.2, 0.25) is 10.0 Å². The van der Waals surface area contributed by atoms with E-state index in [1.165, 1.54) is 30.6 Å². The van der Waals surface area contributed by atoms with Crippen LogP contribution in [-0.4, -0.2) is 23.2 Å². The predicted octanol–water partition coefficient (Wildman–Crippen LogP) is 1.78. The van der Waals surface area contributed by atoms with Crippen LogP contribution < -0.4 is 5.14 Å². The first-order valence-electron chi connectivity index (χ1n) is 6.69. The number of sulfonamides is 1. The van der Waals surface area contributed by atoms with Gasteiger partial charge in [-0.15, -0.1) is 0 Å². The van der Waals surface area contributed by atoms with Crippen LogP contribution in [0.2, 0.25) is 0 Å². The quantitative estimate of drug-likeness (QED) is 0.788. The van der Waals surface area contributed by atoms with Crippen molar-refractivity contribution >= 4 is 10.0 Å². The van der Waals surface area contributed by atoms with Crippen molar-refractivity contribution in [2.45, 2.75) is 11.4 Å². The van der Waals surface area contributed by atoms with Crippen LogP contribution in [0.15, 0.2) is 59.8 Å². The van der Waals surface area contributed by atoms with E-state index in [9.17, 15) is 12.8 Å². The first-order chi connectivity index (χ1) is 10.9. The van der Waals surface area contributed by atoms with Crippen LogP contribution in [0.3, 0.4) is 0 Å². The molecule has 0 saturated carbocycles. The van der Waals surface area contributed by atoms with Crippen molar-refractivity contribution in [1.29, 1.82) is 0 Å². The molecule has 3 aromatic rings. The maximum atomic E-state index is 12.9. The van der Waals surface area contributed by atoms with Gasteiger partial charge >= 0.3 is 0 Å². The molecule has 118 valence electrons. The fourth-order valence-corrected chi connectivity index (χ4v) is 2.68. The van der Waals surface area contributed by atoms with Gasteiger partial charge in [0.15, 0.2) is 5.82 Å². The molecule has 0 fully saturated rings. The molecule has 2 N–H and O–H groups in total. The first kappa shape index (κ1) is 15.3. The van der Waals surface area contributed by atoms with Crippen LogP contribution in [-0.2, 0) is 16.6 Å². The smallest absolute Gasteiger partial charge is 0.238 e. The molecule has 0 unspecified atom stereocenters. The highest BCUT2D eigenvalue weighted by atomic mass is 32.2. The van der Waals surface area contributed by atoms with Gasteiger partial charge in [-0.2, -0.15) is 5.10 Å². The van der Waals surface area contributed by atoms with Crippen LogP contribution in [0.4, 0.5) is 4.39 Å². The van der Waals surface area contributed by atoms with Gasteiger partial charge in [-0.25, -0.2) is 27.6 Å². The van der Waals surface area contributed by atoms with Crippen molar-refractivity contribution in [2.24, 2.45) is 5.14 Å². The SMILES string of the molecule is NS(=O)(=O)c1ccc(-c2ncnn2Cc2ccc(F)cc2)cc1. The minimum absolute atomic E-state index is 0.0332. The Morgan fingerprint density at radius 2 is 1.70 bits per heavy atom. The summed E-state index contributed by atoms with van der Waals surface area (Å²) in [6, 6.07) is 12.2. The summed E-state index contributed by atoms with van der Waals surface area (Å²) in [4.78, 5) is 4.22. The average Bonchev–Trinajstić information content (AvgIpc) is 2.97. The molecule has 8 heteroatoms. The maximum Gasteiger partial charge on any atom is 0.238 e. The Morgan fingerprint density at radius 1 is 1.04 bits per heavy atom. The molecule has 0 aliphatic carbocycles. The number of primary sulfonamides is 1. The van der Waals surface area contributed by atoms with Crippen molar-refractivity contribution in [3.8, 4) is 11.4 Å². The second-order valence-electron chi connectivity index (χ2n) is 4.94. The van der Waals surface area contributed by atoms with E-state index in [0.29, 0.717) is 17.9 Å². The molecule has 23 heavy (non-hydrogen) atoms. The lowest BCUT2D eigenvalue weighted by atomic mass is 10.2. The number of hydrogen-bond acceptors (Lipinski definition) is 4. The van der Waals surface area contributed by atoms with Crippen molar-refractivity contribution < 1.29 is 12.8 Å². The molecule has 2 aromatic carbocycles. The van der Waals surface area contributed by atoms with Crippen LogP contribution in [0.1, 0.15) is 5.56 Å². The Morgan fingerprint density at radius 3 is 2.30 bits per heavy atom. The molecular formula is C15H13FN4O2S. The summed E-state index contributed by atoms with van der Waals surface area (Å²) in [6.45, 7) is 0.423. The second-order valence-corrected chi connectivity index (χ2v) is 6.50. The zero-order valence-electron chi connectivity index (χ0n) is 11.9. The van der Waals surface area contributed by atoms with Gasteiger partial charge in [0.05, 0.1) is 11.4 Å². The topological polar surface area (TPSA) is 90.9 Å². The third-order valence-electron chi connectivity index (χ3n) is 3.30. The van der Waals surface area contributed by atoms with Crippen molar-refractivity contribution in [2.75, 3.05) is 0 Å². The van der Waals surface area contributed by atoms with E-state index in [0.717, 1.165) is 5.56 Å². The Labute approximate surface area is 132 Å². The van der Waals surface area contributed by atoms with Crippen LogP contribution >= 0.6 is 0 Å². The van der Waals surface area contributed by atoms with Gasteiger partial charge < -0.3 is 0 Å². The summed E-state index contributed by atoms with van der Waals surface area (Å²) in [6.07, 6.45) is 1.41. The van der Waals surface area contributed by atoms with Gasteiger partial charge in [0.1, 0.15) is 12.1 Å². The molecule has 0 radical (unpaired) electrons. The summed E-state index contributed by atoms with van der Waals surface area (Å²) >= 11 is 0. The van der Waals surface area contributed by atoms with Gasteiger partial charge in [-0.05, 0) is 42.0 Å².